The van der Waals surface area contributed by atoms with E-state index in [1.807, 2.05) is 45.0 Å². The summed E-state index contributed by atoms with van der Waals surface area (Å²) in [6, 6.07) is 19.6. The third-order valence-corrected chi connectivity index (χ3v) is 8.24. The molecule has 3 aromatic carbocycles. The largest absolute Gasteiger partial charge is 0.357 e. The summed E-state index contributed by atoms with van der Waals surface area (Å²) in [6.45, 7) is 5.26. The summed E-state index contributed by atoms with van der Waals surface area (Å²) in [5.74, 6) is -0.825. The quantitative estimate of drug-likeness (QED) is 0.403. The molecule has 0 spiro atoms. The van der Waals surface area contributed by atoms with Crippen LogP contribution in [0.25, 0.3) is 0 Å². The minimum absolute atomic E-state index is 0.0506. The van der Waals surface area contributed by atoms with E-state index in [0.29, 0.717) is 11.4 Å². The number of carbonyl (C=O) groups excluding carboxylic acids is 2. The molecule has 0 heterocycles. The monoisotopic (exact) mass is 541 g/mol. The molecule has 196 valence electrons. The molecule has 1 unspecified atom stereocenters. The lowest BCUT2D eigenvalue weighted by Gasteiger charge is -2.33. The lowest BCUT2D eigenvalue weighted by atomic mass is 10.1. The van der Waals surface area contributed by atoms with Crippen LogP contribution in [0.2, 0.25) is 5.02 Å². The summed E-state index contributed by atoms with van der Waals surface area (Å²) < 4.78 is 28.6. The average Bonchev–Trinajstić information content (AvgIpc) is 2.88. The van der Waals surface area contributed by atoms with Crippen molar-refractivity contribution in [3.05, 3.63) is 94.5 Å². The zero-order chi connectivity index (χ0) is 27.2. The first-order chi connectivity index (χ1) is 17.6. The summed E-state index contributed by atoms with van der Waals surface area (Å²) in [6.07, 6.45) is 0.360. The molecule has 0 saturated carbocycles. The molecule has 7 nitrogen and oxygen atoms in total. The van der Waals surface area contributed by atoms with Crippen LogP contribution in [0.1, 0.15) is 30.0 Å². The highest BCUT2D eigenvalue weighted by Gasteiger charge is 2.33. The van der Waals surface area contributed by atoms with Crippen molar-refractivity contribution in [3.8, 4) is 0 Å². The van der Waals surface area contributed by atoms with E-state index in [-0.39, 0.29) is 23.0 Å². The number of nitrogens with zero attached hydrogens (tertiary/aromatic N) is 2. The van der Waals surface area contributed by atoms with E-state index in [9.17, 15) is 18.0 Å². The molecule has 0 aromatic heterocycles. The van der Waals surface area contributed by atoms with Gasteiger partial charge in [0.25, 0.3) is 10.0 Å². The number of amides is 2. The van der Waals surface area contributed by atoms with E-state index in [4.69, 9.17) is 11.6 Å². The molecule has 1 atom stereocenters. The van der Waals surface area contributed by atoms with E-state index < -0.39 is 28.5 Å². The number of sulfonamides is 1. The van der Waals surface area contributed by atoms with Crippen LogP contribution < -0.4 is 9.62 Å². The van der Waals surface area contributed by atoms with E-state index >= 15 is 0 Å². The fraction of sp³-hybridized carbons (Fsp3) is 0.286. The van der Waals surface area contributed by atoms with Gasteiger partial charge >= 0.3 is 0 Å². The second-order valence-electron chi connectivity index (χ2n) is 8.79. The maximum atomic E-state index is 13.9. The van der Waals surface area contributed by atoms with Gasteiger partial charge in [0, 0.05) is 18.6 Å². The predicted octanol–water partition coefficient (Wildman–Crippen LogP) is 4.71. The van der Waals surface area contributed by atoms with Crippen LogP contribution in [0.15, 0.2) is 77.7 Å². The Hall–Kier alpha value is -3.36. The molecule has 1 N–H and O–H groups in total. The molecule has 3 rings (SSSR count). The molecule has 0 radical (unpaired) electrons. The SMILES string of the molecule is CCC(C(=O)NC)N(Cc1ccccc1C)C(=O)CN(c1cccc(Cl)c1)S(=O)(=O)c1ccc(C)cc1. The smallest absolute Gasteiger partial charge is 0.264 e. The number of nitrogens with one attached hydrogen (secondary N) is 1. The van der Waals surface area contributed by atoms with Crippen LogP contribution in [0, 0.1) is 13.8 Å². The molecule has 0 fully saturated rings. The van der Waals surface area contributed by atoms with Gasteiger partial charge in [-0.1, -0.05) is 66.6 Å². The Bertz CT molecular complexity index is 1360. The Labute approximate surface area is 224 Å². The lowest BCUT2D eigenvalue weighted by molar-refractivity contribution is -0.140. The molecular formula is C28H32ClN3O4S. The molecular weight excluding hydrogens is 510 g/mol. The van der Waals surface area contributed by atoms with Crippen LogP contribution in [0.3, 0.4) is 0 Å². The number of aryl methyl sites for hydroxylation is 2. The molecule has 0 aliphatic heterocycles. The Morgan fingerprint density at radius 2 is 1.65 bits per heavy atom. The van der Waals surface area contributed by atoms with Gasteiger partial charge < -0.3 is 10.2 Å². The van der Waals surface area contributed by atoms with Crippen LogP contribution >= 0.6 is 11.6 Å². The third kappa shape index (κ3) is 6.70. The van der Waals surface area contributed by atoms with Gasteiger partial charge in [0.05, 0.1) is 10.6 Å². The van der Waals surface area contributed by atoms with Crippen molar-refractivity contribution in [2.75, 3.05) is 17.9 Å². The Balaban J connectivity index is 2.07. The van der Waals surface area contributed by atoms with Crippen LogP contribution in [-0.4, -0.2) is 44.8 Å². The van der Waals surface area contributed by atoms with Gasteiger partial charge in [-0.2, -0.15) is 0 Å². The first kappa shape index (κ1) is 28.2. The number of benzene rings is 3. The van der Waals surface area contributed by atoms with Gasteiger partial charge in [0.1, 0.15) is 12.6 Å². The summed E-state index contributed by atoms with van der Waals surface area (Å²) in [4.78, 5) is 28.1. The van der Waals surface area contributed by atoms with Crippen molar-refractivity contribution in [2.24, 2.45) is 0 Å². The molecule has 9 heteroatoms. The Kier molecular flexibility index (Phi) is 9.34. The number of carbonyl (C=O) groups is 2. The molecule has 0 bridgehead atoms. The van der Waals surface area contributed by atoms with Crippen molar-refractivity contribution in [1.29, 1.82) is 0 Å². The number of hydrogen-bond donors (Lipinski definition) is 1. The van der Waals surface area contributed by atoms with Gasteiger partial charge in [-0.25, -0.2) is 8.42 Å². The van der Waals surface area contributed by atoms with E-state index in [1.54, 1.807) is 30.3 Å². The first-order valence-electron chi connectivity index (χ1n) is 12.0. The maximum absolute atomic E-state index is 13.9. The van der Waals surface area contributed by atoms with Crippen molar-refractivity contribution in [3.63, 3.8) is 0 Å². The number of anilines is 1. The summed E-state index contributed by atoms with van der Waals surface area (Å²) in [7, 11) is -2.61. The van der Waals surface area contributed by atoms with E-state index in [2.05, 4.69) is 5.32 Å². The molecule has 37 heavy (non-hydrogen) atoms. The van der Waals surface area contributed by atoms with Gasteiger partial charge in [-0.3, -0.25) is 13.9 Å². The second kappa shape index (κ2) is 12.3. The number of hydrogen-bond acceptors (Lipinski definition) is 4. The minimum atomic E-state index is -4.13. The third-order valence-electron chi connectivity index (χ3n) is 6.22. The van der Waals surface area contributed by atoms with Gasteiger partial charge in [-0.05, 0) is 61.7 Å². The number of halogens is 1. The van der Waals surface area contributed by atoms with Crippen molar-refractivity contribution in [1.82, 2.24) is 10.2 Å². The number of likely N-dealkylation sites (N-methyl/N-ethyl adjacent to an activating group) is 1. The summed E-state index contributed by atoms with van der Waals surface area (Å²) in [5.41, 5.74) is 3.00. The molecule has 2 amide bonds. The van der Waals surface area contributed by atoms with Crippen LogP contribution in [-0.2, 0) is 26.2 Å². The highest BCUT2D eigenvalue weighted by Crippen LogP contribution is 2.27. The molecule has 0 aliphatic rings. The average molecular weight is 542 g/mol. The molecule has 0 saturated heterocycles. The zero-order valence-electron chi connectivity index (χ0n) is 21.4. The topological polar surface area (TPSA) is 86.8 Å². The van der Waals surface area contributed by atoms with Crippen LogP contribution in [0.5, 0.6) is 0 Å². The molecule has 3 aromatic rings. The van der Waals surface area contributed by atoms with E-state index in [1.165, 1.54) is 30.1 Å². The Morgan fingerprint density at radius 3 is 2.24 bits per heavy atom. The van der Waals surface area contributed by atoms with E-state index in [0.717, 1.165) is 21.0 Å². The molecule has 0 aliphatic carbocycles. The van der Waals surface area contributed by atoms with Crippen molar-refractivity contribution in [2.45, 2.75) is 44.7 Å². The van der Waals surface area contributed by atoms with Crippen molar-refractivity contribution < 1.29 is 18.0 Å². The summed E-state index contributed by atoms with van der Waals surface area (Å²) >= 11 is 6.19. The van der Waals surface area contributed by atoms with Gasteiger partial charge in [0.15, 0.2) is 0 Å². The maximum Gasteiger partial charge on any atom is 0.264 e. The highest BCUT2D eigenvalue weighted by molar-refractivity contribution is 7.92. The number of rotatable bonds is 10. The predicted molar refractivity (Wildman–Crippen MR) is 147 cm³/mol. The lowest BCUT2D eigenvalue weighted by Crippen LogP contribution is -2.51. The second-order valence-corrected chi connectivity index (χ2v) is 11.1. The minimum Gasteiger partial charge on any atom is -0.357 e. The Morgan fingerprint density at radius 1 is 0.973 bits per heavy atom. The fourth-order valence-electron chi connectivity index (χ4n) is 4.05. The van der Waals surface area contributed by atoms with Crippen molar-refractivity contribution >= 4 is 39.1 Å². The highest BCUT2D eigenvalue weighted by atomic mass is 35.5. The zero-order valence-corrected chi connectivity index (χ0v) is 23.0. The summed E-state index contributed by atoms with van der Waals surface area (Å²) in [5, 5.41) is 2.96. The normalized spacial score (nSPS) is 12.0. The fourth-order valence-corrected chi connectivity index (χ4v) is 5.65. The van der Waals surface area contributed by atoms with Gasteiger partial charge in [-0.15, -0.1) is 0 Å². The van der Waals surface area contributed by atoms with Crippen LogP contribution in [0.4, 0.5) is 5.69 Å². The standard InChI is InChI=1S/C28H32ClN3O4S/c1-5-26(28(34)30-4)31(18-22-10-7-6-9-21(22)3)27(33)19-32(24-12-8-11-23(29)17-24)37(35,36)25-15-13-20(2)14-16-25/h6-17,26H,5,18-19H2,1-4H3,(H,30,34). The van der Waals surface area contributed by atoms with Gasteiger partial charge in [0.2, 0.25) is 11.8 Å². The first-order valence-corrected chi connectivity index (χ1v) is 13.8.